The lowest BCUT2D eigenvalue weighted by molar-refractivity contribution is -0.123. The number of amides is 1. The van der Waals surface area contributed by atoms with Crippen LogP contribution in [0.2, 0.25) is 0 Å². The molecule has 2 aromatic rings. The summed E-state index contributed by atoms with van der Waals surface area (Å²) < 4.78 is 42.0. The van der Waals surface area contributed by atoms with Crippen molar-refractivity contribution in [1.29, 1.82) is 5.26 Å². The molecule has 124 valence electrons. The van der Waals surface area contributed by atoms with Crippen LogP contribution in [0.3, 0.4) is 0 Å². The average Bonchev–Trinajstić information content (AvgIpc) is 2.58. The van der Waals surface area contributed by atoms with Crippen molar-refractivity contribution in [3.8, 4) is 11.8 Å². The zero-order valence-electron chi connectivity index (χ0n) is 12.2. The van der Waals surface area contributed by atoms with E-state index in [2.05, 4.69) is 0 Å². The molecule has 0 aliphatic carbocycles. The summed E-state index contributed by atoms with van der Waals surface area (Å²) in [6.45, 7) is -0.510. The van der Waals surface area contributed by atoms with E-state index in [4.69, 9.17) is 10.00 Å². The fourth-order valence-corrected chi connectivity index (χ4v) is 2.56. The minimum absolute atomic E-state index is 0.134. The van der Waals surface area contributed by atoms with Crippen LogP contribution in [0.5, 0.6) is 5.75 Å². The maximum atomic E-state index is 13.0. The number of carbonyl (C=O) groups excluding carboxylic acids is 1. The Morgan fingerprint density at radius 1 is 1.21 bits per heavy atom. The molecule has 1 amide bonds. The summed E-state index contributed by atoms with van der Waals surface area (Å²) in [6.07, 6.45) is 0. The minimum Gasteiger partial charge on any atom is -0.484 e. The average molecular weight is 349 g/mol. The van der Waals surface area contributed by atoms with Gasteiger partial charge >= 0.3 is 0 Å². The van der Waals surface area contributed by atoms with E-state index in [0.717, 1.165) is 12.1 Å². The summed E-state index contributed by atoms with van der Waals surface area (Å²) in [4.78, 5) is 13.3. The van der Waals surface area contributed by atoms with Crippen LogP contribution in [-0.2, 0) is 14.8 Å². The van der Waals surface area contributed by atoms with Crippen molar-refractivity contribution >= 4 is 15.9 Å². The summed E-state index contributed by atoms with van der Waals surface area (Å²) >= 11 is 0. The summed E-state index contributed by atoms with van der Waals surface area (Å²) in [5.74, 6) is -1.17. The van der Waals surface area contributed by atoms with Crippen LogP contribution in [0, 0.1) is 17.1 Å². The van der Waals surface area contributed by atoms with Crippen LogP contribution in [0.4, 0.5) is 4.39 Å². The van der Waals surface area contributed by atoms with Gasteiger partial charge < -0.3 is 4.74 Å². The van der Waals surface area contributed by atoms with Gasteiger partial charge in [0.15, 0.2) is 6.61 Å². The molecule has 0 unspecified atom stereocenters. The third-order valence-corrected chi connectivity index (χ3v) is 4.01. The fraction of sp³-hybridized carbons (Fsp3) is 0.0667. The van der Waals surface area contributed by atoms with Gasteiger partial charge in [-0.2, -0.15) is 5.26 Å². The fourth-order valence-electron chi connectivity index (χ4n) is 1.66. The van der Waals surface area contributed by atoms with E-state index in [1.807, 2.05) is 16.3 Å². The number of rotatable bonds is 6. The Morgan fingerprint density at radius 2 is 1.96 bits per heavy atom. The van der Waals surface area contributed by atoms with Gasteiger partial charge in [-0.1, -0.05) is 12.1 Å². The van der Waals surface area contributed by atoms with E-state index >= 15 is 0 Å². The first-order valence-corrected chi connectivity index (χ1v) is 8.08. The van der Waals surface area contributed by atoms with Crippen LogP contribution in [-0.4, -0.2) is 20.9 Å². The molecule has 0 bridgehead atoms. The van der Waals surface area contributed by atoms with E-state index in [0.29, 0.717) is 0 Å². The summed E-state index contributed by atoms with van der Waals surface area (Å²) in [5.41, 5.74) is 2.13. The lowest BCUT2D eigenvalue weighted by Gasteiger charge is -2.09. The molecule has 24 heavy (non-hydrogen) atoms. The second-order valence-corrected chi connectivity index (χ2v) is 6.22. The topological polar surface area (TPSA) is 108 Å². The number of nitrogens with zero attached hydrogens (tertiary/aromatic N) is 1. The molecule has 0 aliphatic rings. The Hall–Kier alpha value is -2.96. The van der Waals surface area contributed by atoms with Crippen molar-refractivity contribution in [3.05, 3.63) is 59.9 Å². The lowest BCUT2D eigenvalue weighted by Crippen LogP contribution is -2.43. The van der Waals surface area contributed by atoms with Gasteiger partial charge in [0.05, 0.1) is 16.5 Å². The maximum absolute atomic E-state index is 13.0. The van der Waals surface area contributed by atoms with Crippen LogP contribution >= 0.6 is 0 Å². The van der Waals surface area contributed by atoms with E-state index in [1.165, 1.54) is 36.4 Å². The molecule has 0 fully saturated rings. The van der Waals surface area contributed by atoms with Gasteiger partial charge in [-0.15, -0.1) is 4.83 Å². The maximum Gasteiger partial charge on any atom is 0.272 e. The van der Waals surface area contributed by atoms with Crippen LogP contribution in [0.15, 0.2) is 53.4 Å². The molecule has 2 N–H and O–H groups in total. The van der Waals surface area contributed by atoms with Crippen molar-refractivity contribution in [1.82, 2.24) is 10.3 Å². The predicted molar refractivity (Wildman–Crippen MR) is 81.5 cm³/mol. The van der Waals surface area contributed by atoms with Crippen LogP contribution in [0.25, 0.3) is 0 Å². The Morgan fingerprint density at radius 3 is 2.67 bits per heavy atom. The highest BCUT2D eigenvalue weighted by Gasteiger charge is 2.15. The molecule has 0 spiro atoms. The second-order valence-electron chi connectivity index (χ2n) is 4.54. The first kappa shape index (κ1) is 17.4. The first-order valence-electron chi connectivity index (χ1n) is 6.60. The van der Waals surface area contributed by atoms with Gasteiger partial charge in [0.2, 0.25) is 0 Å². The molecule has 0 radical (unpaired) electrons. The molecule has 0 atom stereocenters. The zero-order valence-corrected chi connectivity index (χ0v) is 13.0. The number of hydrazine groups is 1. The minimum atomic E-state index is -4.03. The van der Waals surface area contributed by atoms with Crippen molar-refractivity contribution in [2.45, 2.75) is 4.90 Å². The number of halogens is 1. The Labute approximate surface area is 137 Å². The van der Waals surface area contributed by atoms with Gasteiger partial charge in [-0.3, -0.25) is 10.2 Å². The third kappa shape index (κ3) is 4.77. The standard InChI is InChI=1S/C15H12FN3O4S/c16-12-4-2-5-13(8-12)23-10-15(20)18-19-24(21,22)14-6-1-3-11(7-14)9-17/h1-8,19H,10H2,(H,18,20). The smallest absolute Gasteiger partial charge is 0.272 e. The van der Waals surface area contributed by atoms with E-state index in [1.54, 1.807) is 0 Å². The quantitative estimate of drug-likeness (QED) is 0.759. The molecule has 0 saturated carbocycles. The zero-order chi connectivity index (χ0) is 17.6. The normalized spacial score (nSPS) is 10.7. The molecule has 7 nitrogen and oxygen atoms in total. The Bertz CT molecular complexity index is 894. The highest BCUT2D eigenvalue weighted by molar-refractivity contribution is 7.89. The molecular formula is C15H12FN3O4S. The van der Waals surface area contributed by atoms with Gasteiger partial charge in [-0.05, 0) is 30.3 Å². The molecular weight excluding hydrogens is 337 g/mol. The monoisotopic (exact) mass is 349 g/mol. The first-order chi connectivity index (χ1) is 11.4. The summed E-state index contributed by atoms with van der Waals surface area (Å²) in [7, 11) is -4.03. The third-order valence-electron chi connectivity index (χ3n) is 2.76. The number of ether oxygens (including phenoxy) is 1. The molecule has 2 aromatic carbocycles. The van der Waals surface area contributed by atoms with Crippen molar-refractivity contribution in [2.24, 2.45) is 0 Å². The molecule has 0 aromatic heterocycles. The number of nitrogens with one attached hydrogen (secondary N) is 2. The van der Waals surface area contributed by atoms with Gasteiger partial charge in [0.25, 0.3) is 15.9 Å². The van der Waals surface area contributed by atoms with Gasteiger partial charge in [0.1, 0.15) is 11.6 Å². The predicted octanol–water partition coefficient (Wildman–Crippen LogP) is 1.09. The van der Waals surface area contributed by atoms with Gasteiger partial charge in [0, 0.05) is 6.07 Å². The molecule has 0 saturated heterocycles. The van der Waals surface area contributed by atoms with Crippen molar-refractivity contribution in [3.63, 3.8) is 0 Å². The largest absolute Gasteiger partial charge is 0.484 e. The highest BCUT2D eigenvalue weighted by Crippen LogP contribution is 2.12. The Balaban J connectivity index is 1.91. The number of sulfonamides is 1. The van der Waals surface area contributed by atoms with E-state index < -0.39 is 28.4 Å². The number of hydrogen-bond acceptors (Lipinski definition) is 5. The lowest BCUT2D eigenvalue weighted by atomic mass is 10.2. The molecule has 0 heterocycles. The summed E-state index contributed by atoms with van der Waals surface area (Å²) in [6, 6.07) is 12.3. The number of carbonyl (C=O) groups is 1. The Kier molecular flexibility index (Phi) is 5.47. The second kappa shape index (κ2) is 7.54. The molecule has 9 heteroatoms. The van der Waals surface area contributed by atoms with Crippen LogP contribution in [0.1, 0.15) is 5.56 Å². The summed E-state index contributed by atoms with van der Waals surface area (Å²) in [5, 5.41) is 8.77. The number of benzene rings is 2. The van der Waals surface area contributed by atoms with E-state index in [-0.39, 0.29) is 16.2 Å². The molecule has 2 rings (SSSR count). The number of hydrogen-bond donors (Lipinski definition) is 2. The van der Waals surface area contributed by atoms with Gasteiger partial charge in [-0.25, -0.2) is 12.8 Å². The highest BCUT2D eigenvalue weighted by atomic mass is 32.2. The van der Waals surface area contributed by atoms with Crippen molar-refractivity contribution in [2.75, 3.05) is 6.61 Å². The SMILES string of the molecule is N#Cc1cccc(S(=O)(=O)NNC(=O)COc2cccc(F)c2)c1. The number of nitriles is 1. The molecule has 0 aliphatic heterocycles. The van der Waals surface area contributed by atoms with Crippen molar-refractivity contribution < 1.29 is 22.3 Å². The van der Waals surface area contributed by atoms with Crippen LogP contribution < -0.4 is 15.0 Å². The van der Waals surface area contributed by atoms with E-state index in [9.17, 15) is 17.6 Å².